The third-order valence-corrected chi connectivity index (χ3v) is 4.67. The van der Waals surface area contributed by atoms with Gasteiger partial charge in [0.25, 0.3) is 5.56 Å². The van der Waals surface area contributed by atoms with Gasteiger partial charge in [-0.2, -0.15) is 5.10 Å². The maximum absolute atomic E-state index is 11.7. The van der Waals surface area contributed by atoms with Crippen molar-refractivity contribution in [2.45, 2.75) is 20.4 Å². The van der Waals surface area contributed by atoms with Crippen LogP contribution in [0.2, 0.25) is 0 Å². The van der Waals surface area contributed by atoms with Crippen molar-refractivity contribution in [2.75, 3.05) is 5.32 Å². The lowest BCUT2D eigenvalue weighted by Gasteiger charge is -2.07. The van der Waals surface area contributed by atoms with Crippen LogP contribution in [0.4, 0.5) is 5.69 Å². The molecule has 0 atom stereocenters. The molecule has 0 aliphatic carbocycles. The van der Waals surface area contributed by atoms with Crippen molar-refractivity contribution in [1.82, 2.24) is 9.78 Å². The van der Waals surface area contributed by atoms with Crippen molar-refractivity contribution in [2.24, 2.45) is 7.05 Å². The van der Waals surface area contributed by atoms with Gasteiger partial charge in [-0.3, -0.25) is 4.79 Å². The van der Waals surface area contributed by atoms with E-state index in [1.165, 1.54) is 20.0 Å². The second kappa shape index (κ2) is 5.24. The molecule has 0 aromatic carbocycles. The Hall–Kier alpha value is -1.14. The van der Waals surface area contributed by atoms with E-state index in [9.17, 15) is 4.79 Å². The molecule has 2 rings (SSSR count). The van der Waals surface area contributed by atoms with Crippen LogP contribution < -0.4 is 10.9 Å². The van der Waals surface area contributed by atoms with Crippen LogP contribution in [0.5, 0.6) is 0 Å². The highest BCUT2D eigenvalue weighted by molar-refractivity contribution is 9.10. The van der Waals surface area contributed by atoms with E-state index in [-0.39, 0.29) is 5.56 Å². The van der Waals surface area contributed by atoms with Crippen LogP contribution >= 0.6 is 27.3 Å². The normalized spacial score (nSPS) is 10.7. The molecule has 0 amide bonds. The van der Waals surface area contributed by atoms with Crippen LogP contribution in [-0.2, 0) is 13.6 Å². The highest BCUT2D eigenvalue weighted by Gasteiger charge is 2.07. The van der Waals surface area contributed by atoms with Gasteiger partial charge in [0.2, 0.25) is 0 Å². The fourth-order valence-corrected chi connectivity index (χ4v) is 3.05. The predicted molar refractivity (Wildman–Crippen MR) is 78.3 cm³/mol. The lowest BCUT2D eigenvalue weighted by atomic mass is 10.3. The highest BCUT2D eigenvalue weighted by atomic mass is 79.9. The van der Waals surface area contributed by atoms with Crippen molar-refractivity contribution < 1.29 is 0 Å². The molecule has 2 heterocycles. The van der Waals surface area contributed by atoms with Crippen molar-refractivity contribution in [3.63, 3.8) is 0 Å². The molecule has 0 saturated heterocycles. The minimum Gasteiger partial charge on any atom is -0.378 e. The maximum Gasteiger partial charge on any atom is 0.282 e. The molecule has 0 bridgehead atoms. The molecule has 0 aliphatic heterocycles. The summed E-state index contributed by atoms with van der Waals surface area (Å²) >= 11 is 5.06. The first kappa shape index (κ1) is 13.3. The molecule has 0 unspecified atom stereocenters. The molecule has 0 aliphatic rings. The number of aryl methyl sites for hydroxylation is 3. The van der Waals surface area contributed by atoms with Crippen LogP contribution in [0, 0.1) is 13.8 Å². The number of aromatic nitrogens is 2. The van der Waals surface area contributed by atoms with E-state index in [0.717, 1.165) is 5.69 Å². The van der Waals surface area contributed by atoms with Gasteiger partial charge in [-0.05, 0) is 41.4 Å². The molecular weight excluding hydrogens is 314 g/mol. The molecule has 0 spiro atoms. The molecule has 96 valence electrons. The Morgan fingerprint density at radius 3 is 2.83 bits per heavy atom. The molecule has 0 radical (unpaired) electrons. The van der Waals surface area contributed by atoms with Gasteiger partial charge < -0.3 is 5.32 Å². The molecule has 18 heavy (non-hydrogen) atoms. The van der Waals surface area contributed by atoms with E-state index in [2.05, 4.69) is 46.3 Å². The number of rotatable bonds is 3. The number of nitrogens with one attached hydrogen (secondary N) is 1. The van der Waals surface area contributed by atoms with Crippen LogP contribution in [0.15, 0.2) is 21.5 Å². The number of hydrogen-bond acceptors (Lipinski definition) is 4. The van der Waals surface area contributed by atoms with Gasteiger partial charge in [-0.1, -0.05) is 0 Å². The first-order chi connectivity index (χ1) is 8.49. The Balaban J connectivity index is 2.16. The van der Waals surface area contributed by atoms with Gasteiger partial charge >= 0.3 is 0 Å². The summed E-state index contributed by atoms with van der Waals surface area (Å²) in [7, 11) is 1.63. The van der Waals surface area contributed by atoms with Gasteiger partial charge in [0, 0.05) is 23.3 Å². The standard InChI is InChI=1S/C12H14BrN3OS/c1-7-4-9(18-8(7)2)5-14-10-6-15-16(3)12(17)11(10)13/h4,6,14H,5H2,1-3H3. The summed E-state index contributed by atoms with van der Waals surface area (Å²) < 4.78 is 1.82. The lowest BCUT2D eigenvalue weighted by molar-refractivity contribution is 0.703. The molecule has 0 fully saturated rings. The van der Waals surface area contributed by atoms with E-state index in [0.29, 0.717) is 11.0 Å². The quantitative estimate of drug-likeness (QED) is 0.942. The largest absolute Gasteiger partial charge is 0.378 e. The van der Waals surface area contributed by atoms with E-state index >= 15 is 0 Å². The van der Waals surface area contributed by atoms with Crippen LogP contribution in [0.1, 0.15) is 15.3 Å². The average Bonchev–Trinajstić information content (AvgIpc) is 2.65. The Kier molecular flexibility index (Phi) is 3.87. The predicted octanol–water partition coefficient (Wildman–Crippen LogP) is 2.83. The molecule has 2 aromatic rings. The summed E-state index contributed by atoms with van der Waals surface area (Å²) in [4.78, 5) is 14.2. The number of anilines is 1. The Bertz CT molecular complexity index is 613. The van der Waals surface area contributed by atoms with Gasteiger partial charge in [0.15, 0.2) is 0 Å². The number of thiophene rings is 1. The van der Waals surface area contributed by atoms with Gasteiger partial charge in [0.1, 0.15) is 4.47 Å². The average molecular weight is 328 g/mol. The highest BCUT2D eigenvalue weighted by Crippen LogP contribution is 2.23. The first-order valence-corrected chi connectivity index (χ1v) is 7.11. The summed E-state index contributed by atoms with van der Waals surface area (Å²) in [6.07, 6.45) is 1.65. The maximum atomic E-state index is 11.7. The molecule has 2 aromatic heterocycles. The van der Waals surface area contributed by atoms with Crippen LogP contribution in [0.25, 0.3) is 0 Å². The fourth-order valence-electron chi connectivity index (χ4n) is 1.55. The molecule has 4 nitrogen and oxygen atoms in total. The van der Waals surface area contributed by atoms with E-state index < -0.39 is 0 Å². The summed E-state index contributed by atoms with van der Waals surface area (Å²) in [6.45, 7) is 4.91. The van der Waals surface area contributed by atoms with Crippen molar-refractivity contribution in [3.8, 4) is 0 Å². The molecule has 6 heteroatoms. The number of halogens is 1. The smallest absolute Gasteiger partial charge is 0.282 e. The molecule has 0 saturated carbocycles. The van der Waals surface area contributed by atoms with Gasteiger partial charge in [-0.15, -0.1) is 11.3 Å². The summed E-state index contributed by atoms with van der Waals surface area (Å²) in [5, 5.41) is 7.22. The monoisotopic (exact) mass is 327 g/mol. The summed E-state index contributed by atoms with van der Waals surface area (Å²) in [5.41, 5.74) is 1.89. The lowest BCUT2D eigenvalue weighted by Crippen LogP contribution is -2.21. The van der Waals surface area contributed by atoms with Gasteiger partial charge in [0.05, 0.1) is 11.9 Å². The van der Waals surface area contributed by atoms with Crippen LogP contribution in [0.3, 0.4) is 0 Å². The zero-order valence-electron chi connectivity index (χ0n) is 10.5. The Morgan fingerprint density at radius 2 is 2.22 bits per heavy atom. The second-order valence-corrected chi connectivity index (χ2v) is 6.24. The topological polar surface area (TPSA) is 46.9 Å². The Morgan fingerprint density at radius 1 is 1.50 bits per heavy atom. The first-order valence-electron chi connectivity index (χ1n) is 5.50. The Labute approximate surface area is 118 Å². The second-order valence-electron chi connectivity index (χ2n) is 4.11. The minimum atomic E-state index is -0.140. The minimum absolute atomic E-state index is 0.140. The van der Waals surface area contributed by atoms with Crippen molar-refractivity contribution in [3.05, 3.63) is 42.4 Å². The summed E-state index contributed by atoms with van der Waals surface area (Å²) in [5.74, 6) is 0. The SMILES string of the molecule is Cc1cc(CNc2cnn(C)c(=O)c2Br)sc1C. The molecule has 1 N–H and O–H groups in total. The van der Waals surface area contributed by atoms with E-state index in [1.54, 1.807) is 24.6 Å². The van der Waals surface area contributed by atoms with Crippen molar-refractivity contribution in [1.29, 1.82) is 0 Å². The zero-order valence-corrected chi connectivity index (χ0v) is 12.9. The molecular formula is C12H14BrN3OS. The fraction of sp³-hybridized carbons (Fsp3) is 0.333. The number of nitrogens with zero attached hydrogens (tertiary/aromatic N) is 2. The van der Waals surface area contributed by atoms with E-state index in [1.807, 2.05) is 0 Å². The van der Waals surface area contributed by atoms with Crippen LogP contribution in [-0.4, -0.2) is 9.78 Å². The zero-order chi connectivity index (χ0) is 13.3. The van der Waals surface area contributed by atoms with Crippen molar-refractivity contribution >= 4 is 33.0 Å². The van der Waals surface area contributed by atoms with Gasteiger partial charge in [-0.25, -0.2) is 4.68 Å². The number of hydrogen-bond donors (Lipinski definition) is 1. The summed E-state index contributed by atoms with van der Waals surface area (Å²) in [6, 6.07) is 2.16. The van der Waals surface area contributed by atoms with E-state index in [4.69, 9.17) is 0 Å². The third-order valence-electron chi connectivity index (χ3n) is 2.75. The third kappa shape index (κ3) is 2.64.